The predicted octanol–water partition coefficient (Wildman–Crippen LogP) is -0.497. The Hall–Kier alpha value is -0.650. The highest BCUT2D eigenvalue weighted by Crippen LogP contribution is 2.27. The minimum Gasteiger partial charge on any atom is -0.381 e. The Morgan fingerprint density at radius 3 is 2.88 bits per heavy atom. The van der Waals surface area contributed by atoms with Crippen molar-refractivity contribution in [2.75, 3.05) is 33.0 Å². The van der Waals surface area contributed by atoms with Gasteiger partial charge in [0.05, 0.1) is 25.2 Å². The van der Waals surface area contributed by atoms with Crippen LogP contribution < -0.4 is 11.1 Å². The number of carbonyl (C=O) groups is 1. The molecule has 2 fully saturated rings. The van der Waals surface area contributed by atoms with Crippen LogP contribution in [0.3, 0.4) is 0 Å². The van der Waals surface area contributed by atoms with Crippen molar-refractivity contribution in [2.45, 2.75) is 19.4 Å². The molecule has 5 heteroatoms. The summed E-state index contributed by atoms with van der Waals surface area (Å²) in [4.78, 5) is 12.0. The fourth-order valence-electron chi connectivity index (χ4n) is 2.11. The third-order valence-electron chi connectivity index (χ3n) is 3.61. The molecule has 2 rings (SSSR count). The van der Waals surface area contributed by atoms with Gasteiger partial charge in [-0.1, -0.05) is 0 Å². The van der Waals surface area contributed by atoms with Crippen LogP contribution in [0.2, 0.25) is 0 Å². The second-order valence-electron chi connectivity index (χ2n) is 4.98. The maximum absolute atomic E-state index is 12.0. The van der Waals surface area contributed by atoms with Crippen LogP contribution in [0.4, 0.5) is 0 Å². The molecule has 0 aliphatic carbocycles. The van der Waals surface area contributed by atoms with Crippen molar-refractivity contribution < 1.29 is 14.3 Å². The first-order valence-corrected chi connectivity index (χ1v) is 5.82. The van der Waals surface area contributed by atoms with Crippen LogP contribution in [0.15, 0.2) is 0 Å². The Labute approximate surface area is 95.7 Å². The molecule has 5 nitrogen and oxygen atoms in total. The highest BCUT2D eigenvalue weighted by molar-refractivity contribution is 5.83. The first-order valence-electron chi connectivity index (χ1n) is 5.82. The van der Waals surface area contributed by atoms with Gasteiger partial charge in [0, 0.05) is 25.1 Å². The molecule has 0 spiro atoms. The fraction of sp³-hybridized carbons (Fsp3) is 0.909. The summed E-state index contributed by atoms with van der Waals surface area (Å²) in [7, 11) is 0. The van der Waals surface area contributed by atoms with Crippen molar-refractivity contribution >= 4 is 5.91 Å². The van der Waals surface area contributed by atoms with Gasteiger partial charge in [0.1, 0.15) is 0 Å². The van der Waals surface area contributed by atoms with Crippen LogP contribution in [-0.2, 0) is 14.3 Å². The third-order valence-corrected chi connectivity index (χ3v) is 3.61. The summed E-state index contributed by atoms with van der Waals surface area (Å²) < 4.78 is 10.5. The predicted molar refractivity (Wildman–Crippen MR) is 58.8 cm³/mol. The normalized spacial score (nSPS) is 38.9. The SMILES string of the molecule is CC1(C(=O)NCC2CCOC2)COCC1N. The van der Waals surface area contributed by atoms with Crippen molar-refractivity contribution in [1.82, 2.24) is 5.32 Å². The lowest BCUT2D eigenvalue weighted by Crippen LogP contribution is -2.50. The second-order valence-corrected chi connectivity index (χ2v) is 4.98. The van der Waals surface area contributed by atoms with Gasteiger partial charge in [-0.05, 0) is 13.3 Å². The first kappa shape index (κ1) is 11.8. The number of hydrogen-bond acceptors (Lipinski definition) is 4. The van der Waals surface area contributed by atoms with Crippen LogP contribution in [-0.4, -0.2) is 44.9 Å². The number of amides is 1. The number of nitrogens with one attached hydrogen (secondary N) is 1. The molecule has 0 saturated carbocycles. The average molecular weight is 228 g/mol. The lowest BCUT2D eigenvalue weighted by molar-refractivity contribution is -0.130. The van der Waals surface area contributed by atoms with Gasteiger partial charge in [0.15, 0.2) is 0 Å². The molecular formula is C11H20N2O3. The van der Waals surface area contributed by atoms with E-state index >= 15 is 0 Å². The maximum Gasteiger partial charge on any atom is 0.229 e. The van der Waals surface area contributed by atoms with E-state index < -0.39 is 5.41 Å². The van der Waals surface area contributed by atoms with Crippen molar-refractivity contribution in [3.8, 4) is 0 Å². The molecule has 1 amide bonds. The molecule has 92 valence electrons. The standard InChI is InChI=1S/C11H20N2O3/c1-11(7-16-6-9(11)12)10(14)13-4-8-2-3-15-5-8/h8-9H,2-7,12H2,1H3,(H,13,14). The van der Waals surface area contributed by atoms with E-state index in [0.29, 0.717) is 25.7 Å². The summed E-state index contributed by atoms with van der Waals surface area (Å²) in [6, 6.07) is -0.202. The van der Waals surface area contributed by atoms with Crippen molar-refractivity contribution in [2.24, 2.45) is 17.1 Å². The van der Waals surface area contributed by atoms with Crippen LogP contribution in [0.25, 0.3) is 0 Å². The molecule has 3 atom stereocenters. The second kappa shape index (κ2) is 4.69. The van der Waals surface area contributed by atoms with E-state index in [-0.39, 0.29) is 11.9 Å². The minimum atomic E-state index is -0.570. The van der Waals surface area contributed by atoms with E-state index in [1.54, 1.807) is 0 Å². The largest absolute Gasteiger partial charge is 0.381 e. The summed E-state index contributed by atoms with van der Waals surface area (Å²) in [6.07, 6.45) is 1.03. The molecular weight excluding hydrogens is 208 g/mol. The van der Waals surface area contributed by atoms with Gasteiger partial charge in [-0.25, -0.2) is 0 Å². The van der Waals surface area contributed by atoms with Crippen LogP contribution in [0.1, 0.15) is 13.3 Å². The van der Waals surface area contributed by atoms with Gasteiger partial charge >= 0.3 is 0 Å². The molecule has 2 heterocycles. The fourth-order valence-corrected chi connectivity index (χ4v) is 2.11. The molecule has 2 saturated heterocycles. The van der Waals surface area contributed by atoms with Gasteiger partial charge < -0.3 is 20.5 Å². The quantitative estimate of drug-likeness (QED) is 0.683. The smallest absolute Gasteiger partial charge is 0.229 e. The Morgan fingerprint density at radius 2 is 2.31 bits per heavy atom. The van der Waals surface area contributed by atoms with Gasteiger partial charge in [-0.3, -0.25) is 4.79 Å². The van der Waals surface area contributed by atoms with E-state index in [1.807, 2.05) is 6.92 Å². The number of hydrogen-bond donors (Lipinski definition) is 2. The van der Waals surface area contributed by atoms with E-state index in [0.717, 1.165) is 19.6 Å². The molecule has 16 heavy (non-hydrogen) atoms. The third kappa shape index (κ3) is 2.21. The average Bonchev–Trinajstić information content (AvgIpc) is 2.87. The molecule has 2 aliphatic heterocycles. The zero-order valence-electron chi connectivity index (χ0n) is 9.70. The first-order chi connectivity index (χ1) is 7.63. The summed E-state index contributed by atoms with van der Waals surface area (Å²) in [5, 5.41) is 2.96. The molecule has 0 radical (unpaired) electrons. The van der Waals surface area contributed by atoms with Gasteiger partial charge in [-0.15, -0.1) is 0 Å². The minimum absolute atomic E-state index is 0.00407. The molecule has 0 aromatic heterocycles. The van der Waals surface area contributed by atoms with Crippen LogP contribution in [0, 0.1) is 11.3 Å². The Balaban J connectivity index is 1.82. The molecule has 3 unspecified atom stereocenters. The lowest BCUT2D eigenvalue weighted by atomic mass is 9.84. The topological polar surface area (TPSA) is 73.6 Å². The molecule has 0 aromatic rings. The molecule has 3 N–H and O–H groups in total. The number of carbonyl (C=O) groups excluding carboxylic acids is 1. The molecule has 0 aromatic carbocycles. The molecule has 0 bridgehead atoms. The van der Waals surface area contributed by atoms with Crippen LogP contribution in [0.5, 0.6) is 0 Å². The van der Waals surface area contributed by atoms with Crippen LogP contribution >= 0.6 is 0 Å². The van der Waals surface area contributed by atoms with Crippen molar-refractivity contribution in [3.05, 3.63) is 0 Å². The zero-order valence-corrected chi connectivity index (χ0v) is 9.70. The summed E-state index contributed by atoms with van der Waals surface area (Å²) >= 11 is 0. The summed E-state index contributed by atoms with van der Waals surface area (Å²) in [5.74, 6) is 0.454. The van der Waals surface area contributed by atoms with Gasteiger partial charge in [0.2, 0.25) is 5.91 Å². The number of rotatable bonds is 3. The number of nitrogens with two attached hydrogens (primary N) is 1. The molecule has 2 aliphatic rings. The Bertz CT molecular complexity index is 266. The Kier molecular flexibility index (Phi) is 3.47. The van der Waals surface area contributed by atoms with Gasteiger partial charge in [-0.2, -0.15) is 0 Å². The highest BCUT2D eigenvalue weighted by Gasteiger charge is 2.44. The van der Waals surface area contributed by atoms with E-state index in [1.165, 1.54) is 0 Å². The lowest BCUT2D eigenvalue weighted by Gasteiger charge is -2.26. The van der Waals surface area contributed by atoms with Crippen molar-refractivity contribution in [1.29, 1.82) is 0 Å². The Morgan fingerprint density at radius 1 is 1.50 bits per heavy atom. The maximum atomic E-state index is 12.0. The monoisotopic (exact) mass is 228 g/mol. The van der Waals surface area contributed by atoms with Crippen molar-refractivity contribution in [3.63, 3.8) is 0 Å². The summed E-state index contributed by atoms with van der Waals surface area (Å²) in [6.45, 7) is 4.99. The summed E-state index contributed by atoms with van der Waals surface area (Å²) in [5.41, 5.74) is 5.32. The van der Waals surface area contributed by atoms with E-state index in [2.05, 4.69) is 5.32 Å². The van der Waals surface area contributed by atoms with Gasteiger partial charge in [0.25, 0.3) is 0 Å². The highest BCUT2D eigenvalue weighted by atomic mass is 16.5. The zero-order chi connectivity index (χ0) is 11.6. The van der Waals surface area contributed by atoms with E-state index in [4.69, 9.17) is 15.2 Å². The van der Waals surface area contributed by atoms with E-state index in [9.17, 15) is 4.79 Å². The number of ether oxygens (including phenoxy) is 2.